The fourth-order valence-corrected chi connectivity index (χ4v) is 3.76. The number of hydrogen-bond donors (Lipinski definition) is 0. The van der Waals surface area contributed by atoms with Crippen molar-refractivity contribution >= 4 is 0 Å². The van der Waals surface area contributed by atoms with Crippen LogP contribution in [0.2, 0.25) is 0 Å². The molecular weight excluding hydrogens is 364 g/mol. The van der Waals surface area contributed by atoms with E-state index in [0.717, 1.165) is 18.8 Å². The zero-order valence-corrected chi connectivity index (χ0v) is 18.7. The van der Waals surface area contributed by atoms with Crippen LogP contribution in [0, 0.1) is 0 Å². The first-order valence-electron chi connectivity index (χ1n) is 11.7. The minimum absolute atomic E-state index is 0.805. The average Bonchev–Trinajstić information content (AvgIpc) is 2.81. The third-order valence-corrected chi connectivity index (χ3v) is 5.70. The third kappa shape index (κ3) is 6.76. The summed E-state index contributed by atoms with van der Waals surface area (Å²) in [5.74, 6) is 0.959. The lowest BCUT2D eigenvalue weighted by Gasteiger charge is -2.08. The van der Waals surface area contributed by atoms with Gasteiger partial charge in [0.1, 0.15) is 5.75 Å². The Morgan fingerprint density at radius 1 is 0.500 bits per heavy atom. The van der Waals surface area contributed by atoms with Crippen molar-refractivity contribution in [3.05, 3.63) is 78.4 Å². The monoisotopic (exact) mass is 400 g/mol. The van der Waals surface area contributed by atoms with Gasteiger partial charge in [-0.3, -0.25) is 0 Å². The summed E-state index contributed by atoms with van der Waals surface area (Å²) in [5.41, 5.74) is 6.47. The second-order valence-electron chi connectivity index (χ2n) is 8.16. The molecule has 0 aromatic heterocycles. The molecule has 0 atom stereocenters. The van der Waals surface area contributed by atoms with Crippen LogP contribution >= 0.6 is 0 Å². The van der Waals surface area contributed by atoms with Gasteiger partial charge in [-0.15, -0.1) is 0 Å². The van der Waals surface area contributed by atoms with Crippen LogP contribution in [-0.4, -0.2) is 6.61 Å². The van der Waals surface area contributed by atoms with Crippen molar-refractivity contribution in [3.63, 3.8) is 0 Å². The number of ether oxygens (including phenoxy) is 1. The van der Waals surface area contributed by atoms with Crippen molar-refractivity contribution in [3.8, 4) is 28.0 Å². The Morgan fingerprint density at radius 3 is 1.50 bits per heavy atom. The fourth-order valence-electron chi connectivity index (χ4n) is 3.76. The molecule has 0 saturated carbocycles. The molecule has 0 aliphatic carbocycles. The first-order valence-corrected chi connectivity index (χ1v) is 11.7. The van der Waals surface area contributed by atoms with Crippen LogP contribution < -0.4 is 4.74 Å². The molecule has 0 amide bonds. The van der Waals surface area contributed by atoms with Crippen LogP contribution in [0.4, 0.5) is 0 Å². The molecule has 1 heteroatoms. The van der Waals surface area contributed by atoms with E-state index in [1.54, 1.807) is 0 Å². The molecule has 0 saturated heterocycles. The lowest BCUT2D eigenvalue weighted by molar-refractivity contribution is 0.306. The molecule has 3 rings (SSSR count). The highest BCUT2D eigenvalue weighted by atomic mass is 16.5. The van der Waals surface area contributed by atoms with Crippen LogP contribution in [-0.2, 0) is 6.42 Å². The van der Waals surface area contributed by atoms with Crippen molar-refractivity contribution in [2.24, 2.45) is 0 Å². The molecule has 3 aromatic carbocycles. The lowest BCUT2D eigenvalue weighted by atomic mass is 9.98. The molecule has 0 heterocycles. The van der Waals surface area contributed by atoms with Gasteiger partial charge in [0.25, 0.3) is 0 Å². The van der Waals surface area contributed by atoms with Gasteiger partial charge in [0, 0.05) is 0 Å². The predicted octanol–water partition coefficient (Wildman–Crippen LogP) is 8.71. The normalized spacial score (nSPS) is 10.9. The van der Waals surface area contributed by atoms with E-state index in [-0.39, 0.29) is 0 Å². The molecule has 0 fully saturated rings. The van der Waals surface area contributed by atoms with Gasteiger partial charge in [0.2, 0.25) is 0 Å². The number of aryl methyl sites for hydroxylation is 1. The maximum absolute atomic E-state index is 5.82. The minimum Gasteiger partial charge on any atom is -0.494 e. The molecule has 1 nitrogen and oxygen atoms in total. The van der Waals surface area contributed by atoms with Gasteiger partial charge in [0.15, 0.2) is 0 Å². The summed E-state index contributed by atoms with van der Waals surface area (Å²) in [4.78, 5) is 0. The predicted molar refractivity (Wildman–Crippen MR) is 130 cm³/mol. The fraction of sp³-hybridized carbons (Fsp3) is 0.379. The van der Waals surface area contributed by atoms with Crippen LogP contribution in [0.5, 0.6) is 5.75 Å². The van der Waals surface area contributed by atoms with Gasteiger partial charge in [-0.25, -0.2) is 0 Å². The SMILES string of the molecule is CCCCCCc1ccc(-c2ccc(-c3ccc(OCCCCC)cc3)cc2)cc1. The standard InChI is InChI=1S/C29H36O/c1-3-5-7-8-10-24-11-13-25(14-12-24)26-15-17-27(18-16-26)28-19-21-29(22-20-28)30-23-9-6-4-2/h11-22H,3-10,23H2,1-2H3. The summed E-state index contributed by atoms with van der Waals surface area (Å²) in [6, 6.07) is 26.4. The van der Waals surface area contributed by atoms with Gasteiger partial charge in [0.05, 0.1) is 6.61 Å². The highest BCUT2D eigenvalue weighted by Crippen LogP contribution is 2.27. The van der Waals surface area contributed by atoms with E-state index in [9.17, 15) is 0 Å². The first-order chi connectivity index (χ1) is 14.8. The first kappa shape index (κ1) is 22.2. The number of benzene rings is 3. The summed E-state index contributed by atoms with van der Waals surface area (Å²) in [5, 5.41) is 0. The molecule has 0 unspecified atom stereocenters. The molecule has 0 spiro atoms. The maximum atomic E-state index is 5.82. The Hall–Kier alpha value is -2.54. The van der Waals surface area contributed by atoms with E-state index in [4.69, 9.17) is 4.74 Å². The van der Waals surface area contributed by atoms with E-state index in [1.165, 1.54) is 72.8 Å². The topological polar surface area (TPSA) is 9.23 Å². The second kappa shape index (κ2) is 12.2. The van der Waals surface area contributed by atoms with Gasteiger partial charge < -0.3 is 4.74 Å². The van der Waals surface area contributed by atoms with E-state index < -0.39 is 0 Å². The van der Waals surface area contributed by atoms with E-state index >= 15 is 0 Å². The van der Waals surface area contributed by atoms with Gasteiger partial charge >= 0.3 is 0 Å². The summed E-state index contributed by atoms with van der Waals surface area (Å²) in [7, 11) is 0. The summed E-state index contributed by atoms with van der Waals surface area (Å²) in [6.45, 7) is 5.28. The Balaban J connectivity index is 1.56. The molecule has 0 N–H and O–H groups in total. The summed E-state index contributed by atoms with van der Waals surface area (Å²) in [6.07, 6.45) is 10.0. The number of hydrogen-bond acceptors (Lipinski definition) is 1. The molecule has 0 aliphatic rings. The lowest BCUT2D eigenvalue weighted by Crippen LogP contribution is -1.96. The number of rotatable bonds is 12. The summed E-state index contributed by atoms with van der Waals surface area (Å²) < 4.78 is 5.82. The molecule has 30 heavy (non-hydrogen) atoms. The van der Waals surface area contributed by atoms with E-state index in [0.29, 0.717) is 0 Å². The van der Waals surface area contributed by atoms with Crippen molar-refractivity contribution in [2.75, 3.05) is 6.61 Å². The second-order valence-corrected chi connectivity index (χ2v) is 8.16. The van der Waals surface area contributed by atoms with E-state index in [1.807, 2.05) is 0 Å². The Morgan fingerprint density at radius 2 is 0.967 bits per heavy atom. The highest BCUT2D eigenvalue weighted by molar-refractivity contribution is 5.70. The molecule has 0 bridgehead atoms. The Bertz CT molecular complexity index is 770. The molecule has 158 valence electrons. The van der Waals surface area contributed by atoms with Crippen LogP contribution in [0.3, 0.4) is 0 Å². The van der Waals surface area contributed by atoms with Crippen molar-refractivity contribution in [1.29, 1.82) is 0 Å². The average molecular weight is 401 g/mol. The van der Waals surface area contributed by atoms with Crippen molar-refractivity contribution in [1.82, 2.24) is 0 Å². The van der Waals surface area contributed by atoms with Crippen LogP contribution in [0.25, 0.3) is 22.3 Å². The zero-order valence-electron chi connectivity index (χ0n) is 18.7. The van der Waals surface area contributed by atoms with Crippen molar-refractivity contribution < 1.29 is 4.74 Å². The Kier molecular flexibility index (Phi) is 9.03. The van der Waals surface area contributed by atoms with Gasteiger partial charge in [-0.05, 0) is 59.2 Å². The van der Waals surface area contributed by atoms with Gasteiger partial charge in [-0.2, -0.15) is 0 Å². The molecule has 0 aliphatic heterocycles. The number of unbranched alkanes of at least 4 members (excludes halogenated alkanes) is 5. The smallest absolute Gasteiger partial charge is 0.119 e. The molecule has 3 aromatic rings. The largest absolute Gasteiger partial charge is 0.494 e. The molecule has 0 radical (unpaired) electrons. The maximum Gasteiger partial charge on any atom is 0.119 e. The quantitative estimate of drug-likeness (QED) is 0.276. The van der Waals surface area contributed by atoms with Gasteiger partial charge in [-0.1, -0.05) is 107 Å². The van der Waals surface area contributed by atoms with Crippen LogP contribution in [0.15, 0.2) is 72.8 Å². The molecular formula is C29H36O. The Labute approximate surface area is 183 Å². The highest BCUT2D eigenvalue weighted by Gasteiger charge is 2.02. The zero-order chi connectivity index (χ0) is 21.0. The minimum atomic E-state index is 0.805. The van der Waals surface area contributed by atoms with Crippen molar-refractivity contribution in [2.45, 2.75) is 65.2 Å². The van der Waals surface area contributed by atoms with Crippen LogP contribution in [0.1, 0.15) is 64.4 Å². The van der Waals surface area contributed by atoms with E-state index in [2.05, 4.69) is 86.6 Å². The summed E-state index contributed by atoms with van der Waals surface area (Å²) >= 11 is 0. The third-order valence-electron chi connectivity index (χ3n) is 5.70.